The van der Waals surface area contributed by atoms with Gasteiger partial charge in [-0.25, -0.2) is 8.78 Å². The van der Waals surface area contributed by atoms with Crippen molar-refractivity contribution in [2.75, 3.05) is 26.3 Å². The molecule has 0 aromatic rings. The second kappa shape index (κ2) is 4.86. The summed E-state index contributed by atoms with van der Waals surface area (Å²) in [6.07, 6.45) is 0.0140. The Balaban J connectivity index is 1.59. The maximum atomic E-state index is 11.8. The number of ether oxygens (including phenoxy) is 1. The van der Waals surface area contributed by atoms with Gasteiger partial charge >= 0.3 is 0 Å². The second-order valence-electron chi connectivity index (χ2n) is 4.97. The molecule has 1 aliphatic carbocycles. The fourth-order valence-electron chi connectivity index (χ4n) is 2.25. The average molecular weight is 248 g/mol. The summed E-state index contributed by atoms with van der Waals surface area (Å²) >= 11 is 0. The van der Waals surface area contributed by atoms with E-state index in [1.54, 1.807) is 4.90 Å². The minimum atomic E-state index is -2.47. The smallest absolute Gasteiger partial charge is 0.261 e. The lowest BCUT2D eigenvalue weighted by Gasteiger charge is -2.48. The summed E-state index contributed by atoms with van der Waals surface area (Å²) < 4.78 is 28.2. The Bertz CT molecular complexity index is 289. The van der Waals surface area contributed by atoms with E-state index in [1.165, 1.54) is 0 Å². The van der Waals surface area contributed by atoms with Gasteiger partial charge in [0.1, 0.15) is 6.61 Å². The molecule has 0 spiro atoms. The number of carbonyl (C=O) groups is 1. The van der Waals surface area contributed by atoms with Gasteiger partial charge < -0.3 is 15.4 Å². The predicted molar refractivity (Wildman–Crippen MR) is 57.7 cm³/mol. The summed E-state index contributed by atoms with van der Waals surface area (Å²) in [6, 6.07) is 0. The standard InChI is InChI=1S/C11H18F2N2O2/c12-9(13)5-17-4-3-10(16)15-6-11(14,7-15)8-1-2-8/h8-9H,1-7,14H2. The van der Waals surface area contributed by atoms with Gasteiger partial charge in [-0.2, -0.15) is 0 Å². The topological polar surface area (TPSA) is 55.6 Å². The SMILES string of the molecule is NC1(C2CC2)CN(C(=O)CCOCC(F)F)C1. The van der Waals surface area contributed by atoms with Crippen LogP contribution in [0.1, 0.15) is 19.3 Å². The normalized spacial score (nSPS) is 22.7. The van der Waals surface area contributed by atoms with Crippen LogP contribution in [0.2, 0.25) is 0 Å². The van der Waals surface area contributed by atoms with Gasteiger partial charge in [0.15, 0.2) is 0 Å². The summed E-state index contributed by atoms with van der Waals surface area (Å²) in [4.78, 5) is 13.3. The molecule has 1 saturated carbocycles. The van der Waals surface area contributed by atoms with E-state index in [2.05, 4.69) is 4.74 Å². The maximum absolute atomic E-state index is 11.8. The van der Waals surface area contributed by atoms with E-state index in [1.807, 2.05) is 0 Å². The van der Waals surface area contributed by atoms with Crippen molar-refractivity contribution in [3.63, 3.8) is 0 Å². The number of rotatable bonds is 6. The fourth-order valence-corrected chi connectivity index (χ4v) is 2.25. The Morgan fingerprint density at radius 1 is 1.47 bits per heavy atom. The first-order chi connectivity index (χ1) is 8.01. The van der Waals surface area contributed by atoms with Crippen molar-refractivity contribution in [3.05, 3.63) is 0 Å². The van der Waals surface area contributed by atoms with Gasteiger partial charge in [-0.3, -0.25) is 4.79 Å². The third-order valence-electron chi connectivity index (χ3n) is 3.42. The molecule has 0 bridgehead atoms. The van der Waals surface area contributed by atoms with Crippen molar-refractivity contribution in [2.24, 2.45) is 11.7 Å². The molecule has 4 nitrogen and oxygen atoms in total. The van der Waals surface area contributed by atoms with E-state index < -0.39 is 13.0 Å². The maximum Gasteiger partial charge on any atom is 0.261 e. The van der Waals surface area contributed by atoms with Crippen molar-refractivity contribution >= 4 is 5.91 Å². The Morgan fingerprint density at radius 2 is 2.12 bits per heavy atom. The van der Waals surface area contributed by atoms with Crippen LogP contribution in [0.4, 0.5) is 8.78 Å². The molecule has 2 aliphatic rings. The van der Waals surface area contributed by atoms with Crippen molar-refractivity contribution in [3.8, 4) is 0 Å². The van der Waals surface area contributed by atoms with Crippen LogP contribution in [-0.4, -0.2) is 49.1 Å². The summed E-state index contributed by atoms with van der Waals surface area (Å²) in [5.41, 5.74) is 5.93. The van der Waals surface area contributed by atoms with Crippen LogP contribution >= 0.6 is 0 Å². The predicted octanol–water partition coefficient (Wildman–Crippen LogP) is 0.608. The van der Waals surface area contributed by atoms with Gasteiger partial charge in [0, 0.05) is 13.1 Å². The van der Waals surface area contributed by atoms with Crippen molar-refractivity contribution < 1.29 is 18.3 Å². The highest BCUT2D eigenvalue weighted by Crippen LogP contribution is 2.42. The van der Waals surface area contributed by atoms with Gasteiger partial charge in [-0.05, 0) is 18.8 Å². The van der Waals surface area contributed by atoms with E-state index in [0.717, 1.165) is 12.8 Å². The van der Waals surface area contributed by atoms with E-state index in [4.69, 9.17) is 5.73 Å². The quantitative estimate of drug-likeness (QED) is 0.701. The van der Waals surface area contributed by atoms with E-state index >= 15 is 0 Å². The molecule has 17 heavy (non-hydrogen) atoms. The number of hydrogen-bond acceptors (Lipinski definition) is 3. The number of hydrogen-bond donors (Lipinski definition) is 1. The molecule has 2 fully saturated rings. The Morgan fingerprint density at radius 3 is 2.65 bits per heavy atom. The van der Waals surface area contributed by atoms with E-state index in [-0.39, 0.29) is 24.5 Å². The highest BCUT2D eigenvalue weighted by molar-refractivity contribution is 5.77. The lowest BCUT2D eigenvalue weighted by molar-refractivity contribution is -0.140. The molecule has 0 aromatic carbocycles. The Kier molecular flexibility index (Phi) is 3.63. The molecule has 1 heterocycles. The third kappa shape index (κ3) is 3.13. The molecule has 0 unspecified atom stereocenters. The van der Waals surface area contributed by atoms with Crippen LogP contribution in [-0.2, 0) is 9.53 Å². The molecule has 2 N–H and O–H groups in total. The molecule has 1 amide bonds. The summed E-state index contributed by atoms with van der Waals surface area (Å²) in [7, 11) is 0. The van der Waals surface area contributed by atoms with Gasteiger partial charge in [0.05, 0.1) is 18.6 Å². The molecule has 98 valence electrons. The summed E-state index contributed by atoms with van der Waals surface area (Å²) in [5, 5.41) is 0. The number of carbonyl (C=O) groups excluding carboxylic acids is 1. The summed E-state index contributed by atoms with van der Waals surface area (Å²) in [5.74, 6) is 0.516. The molecule has 0 atom stereocenters. The molecular weight excluding hydrogens is 230 g/mol. The van der Waals surface area contributed by atoms with E-state index in [9.17, 15) is 13.6 Å². The number of amides is 1. The highest BCUT2D eigenvalue weighted by atomic mass is 19.3. The zero-order chi connectivity index (χ0) is 12.5. The minimum absolute atomic E-state index is 0.0546. The number of nitrogens with two attached hydrogens (primary N) is 1. The molecule has 0 aromatic heterocycles. The van der Waals surface area contributed by atoms with Gasteiger partial charge in [0.2, 0.25) is 5.91 Å². The number of alkyl halides is 2. The lowest BCUT2D eigenvalue weighted by atomic mass is 9.85. The van der Waals surface area contributed by atoms with Crippen LogP contribution in [0.5, 0.6) is 0 Å². The van der Waals surface area contributed by atoms with Crippen LogP contribution in [0.3, 0.4) is 0 Å². The van der Waals surface area contributed by atoms with E-state index in [0.29, 0.717) is 19.0 Å². The Labute approximate surface area is 99.1 Å². The van der Waals surface area contributed by atoms with Crippen LogP contribution in [0.15, 0.2) is 0 Å². The zero-order valence-electron chi connectivity index (χ0n) is 9.70. The molecule has 1 saturated heterocycles. The average Bonchev–Trinajstić information content (AvgIpc) is 3.02. The van der Waals surface area contributed by atoms with Crippen LogP contribution < -0.4 is 5.73 Å². The highest BCUT2D eigenvalue weighted by Gasteiger charge is 2.51. The van der Waals surface area contributed by atoms with Gasteiger partial charge in [-0.15, -0.1) is 0 Å². The molecule has 1 aliphatic heterocycles. The monoisotopic (exact) mass is 248 g/mol. The van der Waals surface area contributed by atoms with Gasteiger partial charge in [-0.1, -0.05) is 0 Å². The number of nitrogens with zero attached hydrogens (tertiary/aromatic N) is 1. The first-order valence-corrected chi connectivity index (χ1v) is 5.94. The van der Waals surface area contributed by atoms with Crippen molar-refractivity contribution in [1.29, 1.82) is 0 Å². The Hall–Kier alpha value is -0.750. The molecular formula is C11H18F2N2O2. The zero-order valence-corrected chi connectivity index (χ0v) is 9.70. The minimum Gasteiger partial charge on any atom is -0.375 e. The lowest BCUT2D eigenvalue weighted by Crippen LogP contribution is -2.69. The van der Waals surface area contributed by atoms with Crippen molar-refractivity contribution in [1.82, 2.24) is 4.90 Å². The third-order valence-corrected chi connectivity index (χ3v) is 3.42. The first kappa shape index (κ1) is 12.7. The second-order valence-corrected chi connectivity index (χ2v) is 4.97. The summed E-state index contributed by atoms with van der Waals surface area (Å²) in [6.45, 7) is 0.660. The van der Waals surface area contributed by atoms with Crippen LogP contribution in [0.25, 0.3) is 0 Å². The molecule has 2 rings (SSSR count). The van der Waals surface area contributed by atoms with Gasteiger partial charge in [0.25, 0.3) is 6.43 Å². The van der Waals surface area contributed by atoms with Crippen LogP contribution in [0, 0.1) is 5.92 Å². The van der Waals surface area contributed by atoms with Crippen molar-refractivity contribution in [2.45, 2.75) is 31.2 Å². The first-order valence-electron chi connectivity index (χ1n) is 5.94. The number of likely N-dealkylation sites (tertiary alicyclic amines) is 1. The fraction of sp³-hybridized carbons (Fsp3) is 0.909. The molecule has 6 heteroatoms. The number of halogens is 2. The molecule has 0 radical (unpaired) electrons. The largest absolute Gasteiger partial charge is 0.375 e.